The molecule has 0 unspecified atom stereocenters. The second-order valence-corrected chi connectivity index (χ2v) is 5.66. The van der Waals surface area contributed by atoms with E-state index >= 15 is 0 Å². The lowest BCUT2D eigenvalue weighted by atomic mass is 10.2. The summed E-state index contributed by atoms with van der Waals surface area (Å²) in [5.74, 6) is 0. The largest absolute Gasteiger partial charge is 0.378 e. The lowest BCUT2D eigenvalue weighted by Crippen LogP contribution is -2.36. The minimum atomic E-state index is 0.829. The Morgan fingerprint density at radius 3 is 2.35 bits per heavy atom. The predicted molar refractivity (Wildman–Crippen MR) is 83.4 cm³/mol. The van der Waals surface area contributed by atoms with Crippen LogP contribution in [0.2, 0.25) is 0 Å². The van der Waals surface area contributed by atoms with Gasteiger partial charge in [0.05, 0.1) is 25.1 Å². The monoisotopic (exact) mass is 277 g/mol. The fourth-order valence-corrected chi connectivity index (χ4v) is 2.23. The lowest BCUT2D eigenvalue weighted by Gasteiger charge is -2.28. The number of aromatic nitrogens is 1. The molecule has 0 N–H and O–H groups in total. The summed E-state index contributed by atoms with van der Waals surface area (Å²) in [5.41, 5.74) is 2.37. The second kappa shape index (κ2) is 7.60. The molecule has 1 aromatic heterocycles. The van der Waals surface area contributed by atoms with Gasteiger partial charge in [0, 0.05) is 24.8 Å². The minimum absolute atomic E-state index is 0.829. The van der Waals surface area contributed by atoms with E-state index in [2.05, 4.69) is 47.9 Å². The molecule has 0 radical (unpaired) electrons. The number of rotatable bonds is 3. The molecule has 0 spiro atoms. The Kier molecular flexibility index (Phi) is 5.80. The highest BCUT2D eigenvalue weighted by molar-refractivity contribution is 5.44. The van der Waals surface area contributed by atoms with Gasteiger partial charge in [-0.3, -0.25) is 4.98 Å². The Labute approximate surface area is 122 Å². The van der Waals surface area contributed by atoms with Crippen LogP contribution in [0.15, 0.2) is 18.3 Å². The summed E-state index contributed by atoms with van der Waals surface area (Å²) in [4.78, 5) is 8.98. The zero-order valence-electron chi connectivity index (χ0n) is 13.0. The molecule has 0 bridgehead atoms. The summed E-state index contributed by atoms with van der Waals surface area (Å²) in [6.45, 7) is 5.74. The second-order valence-electron chi connectivity index (χ2n) is 5.66. The summed E-state index contributed by atoms with van der Waals surface area (Å²) in [6, 6.07) is 5.19. The third-order valence-electron chi connectivity index (χ3n) is 3.82. The molecule has 1 saturated heterocycles. The maximum absolute atomic E-state index is 5.30. The van der Waals surface area contributed by atoms with Crippen molar-refractivity contribution >= 4 is 5.69 Å². The Hall–Kier alpha value is -1.13. The molecule has 2 heterocycles. The van der Waals surface area contributed by atoms with Crippen molar-refractivity contribution in [2.45, 2.75) is 32.2 Å². The zero-order valence-corrected chi connectivity index (χ0v) is 13.0. The molecule has 4 nitrogen and oxygen atoms in total. The summed E-state index contributed by atoms with van der Waals surface area (Å²) in [5, 5.41) is 0. The van der Waals surface area contributed by atoms with E-state index in [0.717, 1.165) is 44.5 Å². The van der Waals surface area contributed by atoms with Gasteiger partial charge in [0.25, 0.3) is 0 Å². The number of pyridine rings is 1. The highest BCUT2D eigenvalue weighted by Crippen LogP contribution is 2.23. The van der Waals surface area contributed by atoms with Crippen LogP contribution in [-0.2, 0) is 11.2 Å². The Balaban J connectivity index is 0.000000205. The molecule has 1 aliphatic heterocycles. The highest BCUT2D eigenvalue weighted by Gasteiger charge is 2.22. The Morgan fingerprint density at radius 1 is 1.25 bits per heavy atom. The van der Waals surface area contributed by atoms with Gasteiger partial charge in [-0.25, -0.2) is 0 Å². The van der Waals surface area contributed by atoms with Crippen LogP contribution in [0.5, 0.6) is 0 Å². The number of aryl methyl sites for hydroxylation is 1. The van der Waals surface area contributed by atoms with Crippen LogP contribution in [-0.4, -0.2) is 56.3 Å². The van der Waals surface area contributed by atoms with Crippen molar-refractivity contribution in [2.24, 2.45) is 0 Å². The van der Waals surface area contributed by atoms with E-state index in [0.29, 0.717) is 0 Å². The number of hydrogen-bond acceptors (Lipinski definition) is 4. The van der Waals surface area contributed by atoms with Crippen molar-refractivity contribution < 1.29 is 4.74 Å². The van der Waals surface area contributed by atoms with Gasteiger partial charge in [-0.1, -0.05) is 6.92 Å². The molecule has 20 heavy (non-hydrogen) atoms. The van der Waals surface area contributed by atoms with Crippen LogP contribution in [0.1, 0.15) is 25.5 Å². The number of anilines is 1. The molecule has 112 valence electrons. The zero-order chi connectivity index (χ0) is 14.4. The third kappa shape index (κ3) is 4.76. The molecule has 0 atom stereocenters. The number of hydrogen-bond donors (Lipinski definition) is 0. The molecule has 1 aliphatic carbocycles. The van der Waals surface area contributed by atoms with Crippen LogP contribution in [0.25, 0.3) is 0 Å². The Morgan fingerprint density at radius 2 is 1.95 bits per heavy atom. The summed E-state index contributed by atoms with van der Waals surface area (Å²) in [7, 11) is 4.27. The first kappa shape index (κ1) is 15.3. The van der Waals surface area contributed by atoms with Gasteiger partial charge in [-0.05, 0) is 45.5 Å². The maximum atomic E-state index is 5.30. The summed E-state index contributed by atoms with van der Waals surface area (Å²) < 4.78 is 5.30. The van der Waals surface area contributed by atoms with Crippen molar-refractivity contribution in [3.05, 3.63) is 24.0 Å². The minimum Gasteiger partial charge on any atom is -0.378 e. The van der Waals surface area contributed by atoms with Gasteiger partial charge in [0.15, 0.2) is 0 Å². The molecule has 1 saturated carbocycles. The van der Waals surface area contributed by atoms with Crippen LogP contribution in [0.3, 0.4) is 0 Å². The standard InChI is InChI=1S/C11H16N2O.C5H11N/c1-2-10-3-4-11(9-12-10)13-5-7-14-8-6-13;1-6(2)5-3-4-5/h3-4,9H,2,5-8H2,1H3;5H,3-4H2,1-2H3. The first-order valence-electron chi connectivity index (χ1n) is 7.64. The molecule has 2 aliphatic rings. The quantitative estimate of drug-likeness (QED) is 0.847. The van der Waals surface area contributed by atoms with Gasteiger partial charge in [0.2, 0.25) is 0 Å². The molecule has 0 amide bonds. The van der Waals surface area contributed by atoms with E-state index in [4.69, 9.17) is 4.74 Å². The van der Waals surface area contributed by atoms with E-state index in [1.165, 1.54) is 18.5 Å². The lowest BCUT2D eigenvalue weighted by molar-refractivity contribution is 0.122. The van der Waals surface area contributed by atoms with Crippen molar-refractivity contribution in [3.63, 3.8) is 0 Å². The summed E-state index contributed by atoms with van der Waals surface area (Å²) in [6.07, 6.45) is 5.81. The average Bonchev–Trinajstić information content (AvgIpc) is 3.34. The number of morpholine rings is 1. The van der Waals surface area contributed by atoms with Gasteiger partial charge in [-0.2, -0.15) is 0 Å². The molecule has 4 heteroatoms. The smallest absolute Gasteiger partial charge is 0.0642 e. The van der Waals surface area contributed by atoms with Crippen LogP contribution >= 0.6 is 0 Å². The van der Waals surface area contributed by atoms with Crippen molar-refractivity contribution in [1.82, 2.24) is 9.88 Å². The first-order chi connectivity index (χ1) is 9.70. The third-order valence-corrected chi connectivity index (χ3v) is 3.82. The van der Waals surface area contributed by atoms with Crippen molar-refractivity contribution in [1.29, 1.82) is 0 Å². The van der Waals surface area contributed by atoms with Crippen LogP contribution < -0.4 is 4.90 Å². The highest BCUT2D eigenvalue weighted by atomic mass is 16.5. The average molecular weight is 277 g/mol. The van der Waals surface area contributed by atoms with E-state index in [1.54, 1.807) is 0 Å². The van der Waals surface area contributed by atoms with E-state index in [9.17, 15) is 0 Å². The molecule has 1 aromatic rings. The molecule has 3 rings (SSSR count). The first-order valence-corrected chi connectivity index (χ1v) is 7.64. The normalized spacial score (nSPS) is 18.7. The predicted octanol–water partition coefficient (Wildman–Crippen LogP) is 2.19. The SMILES string of the molecule is CCc1ccc(N2CCOCC2)cn1.CN(C)C1CC1. The number of nitrogens with zero attached hydrogens (tertiary/aromatic N) is 3. The Bertz CT molecular complexity index is 381. The molecule has 2 fully saturated rings. The van der Waals surface area contributed by atoms with Gasteiger partial charge < -0.3 is 14.5 Å². The summed E-state index contributed by atoms with van der Waals surface area (Å²) >= 11 is 0. The van der Waals surface area contributed by atoms with E-state index in [-0.39, 0.29) is 0 Å². The van der Waals surface area contributed by atoms with Gasteiger partial charge >= 0.3 is 0 Å². The molecule has 0 aromatic carbocycles. The van der Waals surface area contributed by atoms with Gasteiger partial charge in [0.1, 0.15) is 0 Å². The van der Waals surface area contributed by atoms with Crippen LogP contribution in [0, 0.1) is 0 Å². The van der Waals surface area contributed by atoms with Gasteiger partial charge in [-0.15, -0.1) is 0 Å². The van der Waals surface area contributed by atoms with Crippen molar-refractivity contribution in [3.8, 4) is 0 Å². The fraction of sp³-hybridized carbons (Fsp3) is 0.688. The van der Waals surface area contributed by atoms with E-state index in [1.807, 2.05) is 6.20 Å². The molecular weight excluding hydrogens is 250 g/mol. The topological polar surface area (TPSA) is 28.6 Å². The van der Waals surface area contributed by atoms with Crippen molar-refractivity contribution in [2.75, 3.05) is 45.3 Å². The molecular formula is C16H27N3O. The number of ether oxygens (including phenoxy) is 1. The van der Waals surface area contributed by atoms with E-state index < -0.39 is 0 Å². The fourth-order valence-electron chi connectivity index (χ4n) is 2.23. The van der Waals surface area contributed by atoms with Crippen LogP contribution in [0.4, 0.5) is 5.69 Å². The maximum Gasteiger partial charge on any atom is 0.0642 e.